The lowest BCUT2D eigenvalue weighted by Crippen LogP contribution is -2.33. The van der Waals surface area contributed by atoms with Crippen molar-refractivity contribution in [3.05, 3.63) is 46.7 Å². The molecule has 0 bridgehead atoms. The van der Waals surface area contributed by atoms with Crippen LogP contribution in [0.3, 0.4) is 0 Å². The molecule has 1 amide bonds. The van der Waals surface area contributed by atoms with E-state index in [-0.39, 0.29) is 12.0 Å². The van der Waals surface area contributed by atoms with Crippen molar-refractivity contribution in [2.75, 3.05) is 6.54 Å². The third-order valence-electron chi connectivity index (χ3n) is 4.61. The van der Waals surface area contributed by atoms with Crippen LogP contribution >= 0.6 is 11.6 Å². The van der Waals surface area contributed by atoms with Gasteiger partial charge in [-0.25, -0.2) is 4.68 Å². The van der Waals surface area contributed by atoms with Crippen LogP contribution < -0.4 is 5.32 Å². The van der Waals surface area contributed by atoms with Gasteiger partial charge in [0.1, 0.15) is 0 Å². The number of amides is 1. The predicted molar refractivity (Wildman–Crippen MR) is 93.6 cm³/mol. The van der Waals surface area contributed by atoms with Gasteiger partial charge in [0.25, 0.3) is 5.91 Å². The summed E-state index contributed by atoms with van der Waals surface area (Å²) in [5, 5.41) is 17.6. The summed E-state index contributed by atoms with van der Waals surface area (Å²) in [6.45, 7) is 2.46. The van der Waals surface area contributed by atoms with E-state index in [4.69, 9.17) is 11.6 Å². The SMILES string of the molecule is Cc1c(C(=O)NCC2CCCC(O)C2)cnn1-c1cccc(Cl)c1. The molecule has 1 aromatic carbocycles. The second-order valence-corrected chi connectivity index (χ2v) is 6.87. The Hall–Kier alpha value is -1.85. The van der Waals surface area contributed by atoms with Crippen LogP contribution in [0.2, 0.25) is 5.02 Å². The van der Waals surface area contributed by atoms with Crippen molar-refractivity contribution in [1.82, 2.24) is 15.1 Å². The molecule has 1 heterocycles. The Morgan fingerprint density at radius 2 is 2.29 bits per heavy atom. The number of rotatable bonds is 4. The van der Waals surface area contributed by atoms with Gasteiger partial charge < -0.3 is 10.4 Å². The molecule has 0 spiro atoms. The van der Waals surface area contributed by atoms with Crippen LogP contribution in [0.4, 0.5) is 0 Å². The van der Waals surface area contributed by atoms with Gasteiger partial charge in [0, 0.05) is 11.6 Å². The number of nitrogens with one attached hydrogen (secondary N) is 1. The van der Waals surface area contributed by atoms with E-state index < -0.39 is 0 Å². The van der Waals surface area contributed by atoms with Crippen LogP contribution in [-0.4, -0.2) is 33.4 Å². The summed E-state index contributed by atoms with van der Waals surface area (Å²) in [6.07, 6.45) is 5.07. The normalized spacial score (nSPS) is 20.8. The highest BCUT2D eigenvalue weighted by molar-refractivity contribution is 6.30. The molecule has 0 saturated heterocycles. The number of halogens is 1. The summed E-state index contributed by atoms with van der Waals surface area (Å²) in [5.74, 6) is 0.224. The summed E-state index contributed by atoms with van der Waals surface area (Å²) in [4.78, 5) is 12.4. The molecule has 1 aliphatic carbocycles. The number of aliphatic hydroxyl groups excluding tert-OH is 1. The van der Waals surface area contributed by atoms with Crippen molar-refractivity contribution in [3.63, 3.8) is 0 Å². The molecule has 5 nitrogen and oxygen atoms in total. The number of aliphatic hydroxyl groups is 1. The molecule has 6 heteroatoms. The zero-order valence-electron chi connectivity index (χ0n) is 13.7. The van der Waals surface area contributed by atoms with Gasteiger partial charge in [-0.2, -0.15) is 5.10 Å². The minimum absolute atomic E-state index is 0.124. The van der Waals surface area contributed by atoms with Crippen LogP contribution in [0.5, 0.6) is 0 Å². The van der Waals surface area contributed by atoms with Gasteiger partial charge in [0.05, 0.1) is 29.2 Å². The summed E-state index contributed by atoms with van der Waals surface area (Å²) in [7, 11) is 0. The number of nitrogens with zero attached hydrogens (tertiary/aromatic N) is 2. The van der Waals surface area contributed by atoms with Gasteiger partial charge in [0.15, 0.2) is 0 Å². The fourth-order valence-corrected chi connectivity index (χ4v) is 3.47. The summed E-state index contributed by atoms with van der Waals surface area (Å²) in [6, 6.07) is 7.37. The topological polar surface area (TPSA) is 67.2 Å². The van der Waals surface area contributed by atoms with Crippen molar-refractivity contribution in [1.29, 1.82) is 0 Å². The van der Waals surface area contributed by atoms with E-state index in [1.165, 1.54) is 0 Å². The van der Waals surface area contributed by atoms with Gasteiger partial charge >= 0.3 is 0 Å². The number of aromatic nitrogens is 2. The summed E-state index contributed by atoms with van der Waals surface area (Å²) >= 11 is 6.02. The molecule has 2 unspecified atom stereocenters. The number of hydrogen-bond acceptors (Lipinski definition) is 3. The van der Waals surface area contributed by atoms with E-state index in [0.29, 0.717) is 23.0 Å². The zero-order valence-corrected chi connectivity index (χ0v) is 14.5. The van der Waals surface area contributed by atoms with Crippen molar-refractivity contribution in [2.24, 2.45) is 5.92 Å². The molecule has 128 valence electrons. The zero-order chi connectivity index (χ0) is 17.1. The molecule has 2 N–H and O–H groups in total. The standard InChI is InChI=1S/C18H22ClN3O2/c1-12-17(11-21-22(12)15-6-3-5-14(19)9-15)18(24)20-10-13-4-2-7-16(23)8-13/h3,5-6,9,11,13,16,23H,2,4,7-8,10H2,1H3,(H,20,24). The predicted octanol–water partition coefficient (Wildman–Crippen LogP) is 3.12. The highest BCUT2D eigenvalue weighted by Crippen LogP contribution is 2.24. The van der Waals surface area contributed by atoms with Crippen LogP contribution in [0.15, 0.2) is 30.5 Å². The summed E-state index contributed by atoms with van der Waals surface area (Å²) in [5.41, 5.74) is 2.17. The maximum Gasteiger partial charge on any atom is 0.254 e. The van der Waals surface area contributed by atoms with Crippen molar-refractivity contribution < 1.29 is 9.90 Å². The fraction of sp³-hybridized carbons (Fsp3) is 0.444. The van der Waals surface area contributed by atoms with E-state index in [1.807, 2.05) is 25.1 Å². The Kier molecular flexibility index (Phi) is 5.21. The fourth-order valence-electron chi connectivity index (χ4n) is 3.28. The van der Waals surface area contributed by atoms with E-state index >= 15 is 0 Å². The lowest BCUT2D eigenvalue weighted by Gasteiger charge is -2.25. The van der Waals surface area contributed by atoms with Crippen LogP contribution in [0.25, 0.3) is 5.69 Å². The van der Waals surface area contributed by atoms with Gasteiger partial charge in [-0.1, -0.05) is 24.1 Å². The Morgan fingerprint density at radius 3 is 3.04 bits per heavy atom. The Morgan fingerprint density at radius 1 is 1.46 bits per heavy atom. The molecule has 0 aliphatic heterocycles. The summed E-state index contributed by atoms with van der Waals surface area (Å²) < 4.78 is 1.71. The molecule has 1 aromatic heterocycles. The molecule has 24 heavy (non-hydrogen) atoms. The average Bonchev–Trinajstić information content (AvgIpc) is 2.94. The first-order chi connectivity index (χ1) is 11.5. The lowest BCUT2D eigenvalue weighted by molar-refractivity contribution is 0.0873. The average molecular weight is 348 g/mol. The van der Waals surface area contributed by atoms with Crippen LogP contribution in [0, 0.1) is 12.8 Å². The maximum atomic E-state index is 12.4. The number of carbonyl (C=O) groups is 1. The van der Waals surface area contributed by atoms with E-state index in [1.54, 1.807) is 16.9 Å². The lowest BCUT2D eigenvalue weighted by atomic mass is 9.87. The first-order valence-electron chi connectivity index (χ1n) is 8.31. The number of hydrogen-bond donors (Lipinski definition) is 2. The molecule has 3 rings (SSSR count). The Labute approximate surface area is 146 Å². The van der Waals surface area contributed by atoms with Gasteiger partial charge in [-0.15, -0.1) is 0 Å². The highest BCUT2D eigenvalue weighted by atomic mass is 35.5. The highest BCUT2D eigenvalue weighted by Gasteiger charge is 2.22. The smallest absolute Gasteiger partial charge is 0.254 e. The van der Waals surface area contributed by atoms with Crippen molar-refractivity contribution in [3.8, 4) is 5.69 Å². The van der Waals surface area contributed by atoms with Gasteiger partial charge in [0.2, 0.25) is 0 Å². The molecule has 1 saturated carbocycles. The van der Waals surface area contributed by atoms with Gasteiger partial charge in [-0.3, -0.25) is 4.79 Å². The van der Waals surface area contributed by atoms with Gasteiger partial charge in [-0.05, 0) is 50.3 Å². The Bertz CT molecular complexity index is 729. The molecular formula is C18H22ClN3O2. The van der Waals surface area contributed by atoms with E-state index in [9.17, 15) is 9.90 Å². The minimum atomic E-state index is -0.229. The maximum absolute atomic E-state index is 12.4. The number of carbonyl (C=O) groups excluding carboxylic acids is 1. The van der Waals surface area contributed by atoms with Crippen LogP contribution in [0.1, 0.15) is 41.7 Å². The molecule has 2 aromatic rings. The second kappa shape index (κ2) is 7.36. The molecule has 1 aliphatic rings. The minimum Gasteiger partial charge on any atom is -0.393 e. The molecule has 0 radical (unpaired) electrons. The largest absolute Gasteiger partial charge is 0.393 e. The van der Waals surface area contributed by atoms with Crippen molar-refractivity contribution >= 4 is 17.5 Å². The molecule has 1 fully saturated rings. The van der Waals surface area contributed by atoms with E-state index in [2.05, 4.69) is 10.4 Å². The van der Waals surface area contributed by atoms with Crippen LogP contribution in [-0.2, 0) is 0 Å². The third-order valence-corrected chi connectivity index (χ3v) is 4.85. The monoisotopic (exact) mass is 347 g/mol. The van der Waals surface area contributed by atoms with Crippen molar-refractivity contribution in [2.45, 2.75) is 38.7 Å². The first-order valence-corrected chi connectivity index (χ1v) is 8.69. The first kappa shape index (κ1) is 17.0. The third kappa shape index (κ3) is 3.79. The van der Waals surface area contributed by atoms with E-state index in [0.717, 1.165) is 37.1 Å². The second-order valence-electron chi connectivity index (χ2n) is 6.43. The molecular weight excluding hydrogens is 326 g/mol. The molecule has 2 atom stereocenters. The Balaban J connectivity index is 1.67. The number of benzene rings is 1. The quantitative estimate of drug-likeness (QED) is 0.893.